The van der Waals surface area contributed by atoms with Gasteiger partial charge in [-0.15, -0.1) is 13.2 Å². The quantitative estimate of drug-likeness (QED) is 0.743. The van der Waals surface area contributed by atoms with Gasteiger partial charge in [0.2, 0.25) is 0 Å². The second-order valence-corrected chi connectivity index (χ2v) is 4.85. The fraction of sp³-hybridized carbons (Fsp3) is 0.125. The third kappa shape index (κ3) is 3.50. The van der Waals surface area contributed by atoms with Crippen LogP contribution < -0.4 is 10.3 Å². The van der Waals surface area contributed by atoms with Crippen molar-refractivity contribution in [2.24, 2.45) is 0 Å². The maximum absolute atomic E-state index is 12.4. The molecule has 0 aliphatic rings. The topological polar surface area (TPSA) is 44.1 Å². The van der Waals surface area contributed by atoms with Crippen molar-refractivity contribution in [3.05, 3.63) is 70.5 Å². The van der Waals surface area contributed by atoms with Crippen molar-refractivity contribution in [2.75, 3.05) is 0 Å². The van der Waals surface area contributed by atoms with Gasteiger partial charge < -0.3 is 4.74 Å². The summed E-state index contributed by atoms with van der Waals surface area (Å²) in [5.74, 6) is -0.346. The van der Waals surface area contributed by atoms with Crippen molar-refractivity contribution in [1.82, 2.24) is 9.78 Å². The fourth-order valence-electron chi connectivity index (χ4n) is 2.22. The molecule has 1 heterocycles. The van der Waals surface area contributed by atoms with Gasteiger partial charge in [0.05, 0.1) is 12.1 Å². The van der Waals surface area contributed by atoms with E-state index in [1.807, 2.05) is 0 Å². The normalized spacial score (nSPS) is 11.6. The zero-order chi connectivity index (χ0) is 16.4. The van der Waals surface area contributed by atoms with Gasteiger partial charge in [0.25, 0.3) is 5.56 Å². The lowest BCUT2D eigenvalue weighted by atomic mass is 10.2. The highest BCUT2D eigenvalue weighted by molar-refractivity contribution is 5.77. The van der Waals surface area contributed by atoms with E-state index in [1.54, 1.807) is 30.3 Å². The molecule has 0 atom stereocenters. The molecular formula is C16H11F3N2O2. The molecule has 0 spiro atoms. The Balaban J connectivity index is 1.99. The van der Waals surface area contributed by atoms with Crippen LogP contribution in [0.1, 0.15) is 5.56 Å². The van der Waals surface area contributed by atoms with E-state index < -0.39 is 11.9 Å². The number of hydrogen-bond acceptors (Lipinski definition) is 3. The summed E-state index contributed by atoms with van der Waals surface area (Å²) in [4.78, 5) is 12.1. The van der Waals surface area contributed by atoms with Crippen molar-refractivity contribution >= 4 is 10.9 Å². The Morgan fingerprint density at radius 1 is 1.04 bits per heavy atom. The zero-order valence-corrected chi connectivity index (χ0v) is 11.7. The molecule has 7 heteroatoms. The molecule has 0 aliphatic carbocycles. The molecule has 0 saturated heterocycles. The Morgan fingerprint density at radius 2 is 1.74 bits per heavy atom. The number of benzene rings is 2. The smallest absolute Gasteiger partial charge is 0.405 e. The highest BCUT2D eigenvalue weighted by Crippen LogP contribution is 2.26. The molecule has 0 N–H and O–H groups in total. The number of fused-ring (bicyclic) bond motifs is 1. The summed E-state index contributed by atoms with van der Waals surface area (Å²) in [6.07, 6.45) is -4.79. The molecule has 0 amide bonds. The number of alkyl halides is 3. The third-order valence-electron chi connectivity index (χ3n) is 3.22. The summed E-state index contributed by atoms with van der Waals surface area (Å²) in [5.41, 5.74) is 0.404. The van der Waals surface area contributed by atoms with Crippen molar-refractivity contribution in [2.45, 2.75) is 12.9 Å². The van der Waals surface area contributed by atoms with E-state index in [9.17, 15) is 18.0 Å². The Labute approximate surface area is 128 Å². The summed E-state index contributed by atoms with van der Waals surface area (Å²) < 4.78 is 42.4. The second-order valence-electron chi connectivity index (χ2n) is 4.85. The second kappa shape index (κ2) is 5.75. The third-order valence-corrected chi connectivity index (χ3v) is 3.22. The van der Waals surface area contributed by atoms with E-state index in [2.05, 4.69) is 9.84 Å². The molecule has 0 unspecified atom stereocenters. The van der Waals surface area contributed by atoms with Crippen molar-refractivity contribution in [3.8, 4) is 5.75 Å². The first kappa shape index (κ1) is 15.1. The number of para-hydroxylation sites is 1. The van der Waals surface area contributed by atoms with Gasteiger partial charge in [-0.1, -0.05) is 36.4 Å². The van der Waals surface area contributed by atoms with Crippen LogP contribution in [0.15, 0.2) is 59.4 Å². The van der Waals surface area contributed by atoms with Crippen molar-refractivity contribution in [1.29, 1.82) is 0 Å². The average Bonchev–Trinajstić information content (AvgIpc) is 2.48. The molecule has 0 fully saturated rings. The molecule has 0 radical (unpaired) electrons. The molecule has 118 valence electrons. The van der Waals surface area contributed by atoms with Crippen LogP contribution in [0.25, 0.3) is 10.9 Å². The van der Waals surface area contributed by atoms with Crippen LogP contribution in [0, 0.1) is 0 Å². The highest BCUT2D eigenvalue weighted by atomic mass is 19.4. The zero-order valence-electron chi connectivity index (χ0n) is 11.7. The Kier molecular flexibility index (Phi) is 3.77. The molecule has 0 aliphatic heterocycles. The summed E-state index contributed by atoms with van der Waals surface area (Å²) in [6.45, 7) is -0.115. The largest absolute Gasteiger partial charge is 0.573 e. The summed E-state index contributed by atoms with van der Waals surface area (Å²) in [5, 5.41) is 4.85. The van der Waals surface area contributed by atoms with E-state index in [4.69, 9.17) is 0 Å². The first-order valence-corrected chi connectivity index (χ1v) is 6.73. The number of hydrogen-bond donors (Lipinski definition) is 0. The predicted octanol–water partition coefficient (Wildman–Crippen LogP) is 3.34. The van der Waals surface area contributed by atoms with Gasteiger partial charge in [-0.05, 0) is 12.1 Å². The lowest BCUT2D eigenvalue weighted by molar-refractivity contribution is -0.274. The Morgan fingerprint density at radius 3 is 2.52 bits per heavy atom. The molecule has 23 heavy (non-hydrogen) atoms. The lowest BCUT2D eigenvalue weighted by Crippen LogP contribution is -2.24. The van der Waals surface area contributed by atoms with Crippen LogP contribution in [0.5, 0.6) is 5.75 Å². The highest BCUT2D eigenvalue weighted by Gasteiger charge is 2.32. The fourth-order valence-corrected chi connectivity index (χ4v) is 2.22. The number of nitrogens with zero attached hydrogens (tertiary/aromatic N) is 2. The van der Waals surface area contributed by atoms with Crippen LogP contribution >= 0.6 is 0 Å². The van der Waals surface area contributed by atoms with Crippen molar-refractivity contribution in [3.63, 3.8) is 0 Å². The molecule has 0 saturated carbocycles. The maximum Gasteiger partial charge on any atom is 0.573 e. The molecule has 3 rings (SSSR count). The first-order chi connectivity index (χ1) is 10.9. The van der Waals surface area contributed by atoms with Gasteiger partial charge in [-0.2, -0.15) is 5.10 Å². The standard InChI is InChI=1S/C16H11F3N2O2/c17-16(18,19)23-14-8-4-2-6-12(14)10-21-15(22)9-11-5-1-3-7-13(11)20-21/h1-9H,10H2. The van der Waals surface area contributed by atoms with Gasteiger partial charge in [-0.3, -0.25) is 4.79 Å². The van der Waals surface area contributed by atoms with Crippen LogP contribution in [0.4, 0.5) is 13.2 Å². The van der Waals surface area contributed by atoms with E-state index in [1.165, 1.54) is 24.3 Å². The molecular weight excluding hydrogens is 309 g/mol. The Hall–Kier alpha value is -2.83. The summed E-state index contributed by atoms with van der Waals surface area (Å²) >= 11 is 0. The number of ether oxygens (including phenoxy) is 1. The van der Waals surface area contributed by atoms with Gasteiger partial charge in [-0.25, -0.2) is 4.68 Å². The van der Waals surface area contributed by atoms with E-state index in [0.29, 0.717) is 10.9 Å². The molecule has 0 bridgehead atoms. The molecule has 4 nitrogen and oxygen atoms in total. The monoisotopic (exact) mass is 320 g/mol. The summed E-state index contributed by atoms with van der Waals surface area (Å²) in [6, 6.07) is 14.1. The minimum Gasteiger partial charge on any atom is -0.405 e. The first-order valence-electron chi connectivity index (χ1n) is 6.73. The van der Waals surface area contributed by atoms with Crippen LogP contribution in [0.3, 0.4) is 0 Å². The number of halogens is 3. The van der Waals surface area contributed by atoms with Crippen LogP contribution in [0.2, 0.25) is 0 Å². The van der Waals surface area contributed by atoms with Crippen LogP contribution in [-0.4, -0.2) is 16.1 Å². The van der Waals surface area contributed by atoms with Gasteiger partial charge in [0.15, 0.2) is 0 Å². The lowest BCUT2D eigenvalue weighted by Gasteiger charge is -2.13. The SMILES string of the molecule is O=c1cc2ccccc2nn1Cc1ccccc1OC(F)(F)F. The van der Waals surface area contributed by atoms with Gasteiger partial charge >= 0.3 is 6.36 Å². The van der Waals surface area contributed by atoms with Crippen molar-refractivity contribution < 1.29 is 17.9 Å². The van der Waals surface area contributed by atoms with E-state index >= 15 is 0 Å². The minimum atomic E-state index is -4.79. The van der Waals surface area contributed by atoms with E-state index in [0.717, 1.165) is 4.68 Å². The van der Waals surface area contributed by atoms with Gasteiger partial charge in [0.1, 0.15) is 5.75 Å². The van der Waals surface area contributed by atoms with Gasteiger partial charge in [0, 0.05) is 17.0 Å². The minimum absolute atomic E-state index is 0.115. The van der Waals surface area contributed by atoms with E-state index in [-0.39, 0.29) is 17.9 Å². The molecule has 1 aromatic heterocycles. The average molecular weight is 320 g/mol. The molecule has 2 aromatic carbocycles. The summed E-state index contributed by atoms with van der Waals surface area (Å²) in [7, 11) is 0. The predicted molar refractivity (Wildman–Crippen MR) is 78.2 cm³/mol. The van der Waals surface area contributed by atoms with Crippen LogP contribution in [-0.2, 0) is 6.54 Å². The molecule has 3 aromatic rings. The Bertz CT molecular complexity index is 903. The maximum atomic E-state index is 12.4. The number of aromatic nitrogens is 2. The number of rotatable bonds is 3.